The average molecular weight is 340 g/mol. The lowest BCUT2D eigenvalue weighted by molar-refractivity contribution is -0.200. The van der Waals surface area contributed by atoms with Crippen LogP contribution >= 0.6 is 0 Å². The fraction of sp³-hybridized carbons (Fsp3) is 0.667. The van der Waals surface area contributed by atoms with Crippen LogP contribution in [-0.4, -0.2) is 50.7 Å². The fourth-order valence-corrected chi connectivity index (χ4v) is 3.14. The Morgan fingerprint density at radius 3 is 2.50 bits per heavy atom. The molecule has 1 N–H and O–H groups in total. The Hall–Kier alpha value is -1.81. The molecule has 0 radical (unpaired) electrons. The Bertz CT molecular complexity index is 794. The number of rotatable bonds is 3. The van der Waals surface area contributed by atoms with Crippen LogP contribution in [0.1, 0.15) is 37.4 Å². The average Bonchev–Trinajstić information content (AvgIpc) is 2.98. The molecule has 0 unspecified atom stereocenters. The van der Waals surface area contributed by atoms with Crippen LogP contribution in [0.2, 0.25) is 0 Å². The van der Waals surface area contributed by atoms with Crippen LogP contribution in [0.3, 0.4) is 0 Å². The topological polar surface area (TPSA) is 109 Å². The van der Waals surface area contributed by atoms with E-state index in [-0.39, 0.29) is 12.2 Å². The third kappa shape index (κ3) is 2.53. The molecule has 1 aromatic heterocycles. The maximum Gasteiger partial charge on any atom is 0.332 e. The van der Waals surface area contributed by atoms with Gasteiger partial charge in [-0.05, 0) is 20.8 Å². The fourth-order valence-electron chi connectivity index (χ4n) is 3.14. The van der Waals surface area contributed by atoms with Crippen molar-refractivity contribution in [3.63, 3.8) is 0 Å². The van der Waals surface area contributed by atoms with E-state index in [1.807, 2.05) is 0 Å². The van der Waals surface area contributed by atoms with E-state index in [4.69, 9.17) is 14.2 Å². The van der Waals surface area contributed by atoms with Crippen molar-refractivity contribution in [2.45, 2.75) is 51.1 Å². The van der Waals surface area contributed by atoms with Crippen molar-refractivity contribution in [3.8, 4) is 0 Å². The monoisotopic (exact) mass is 340 g/mol. The number of hydrogen-bond donors (Lipinski definition) is 1. The van der Waals surface area contributed by atoms with Crippen molar-refractivity contribution in [1.82, 2.24) is 9.13 Å². The first-order valence-corrected chi connectivity index (χ1v) is 7.61. The Morgan fingerprint density at radius 2 is 1.92 bits per heavy atom. The van der Waals surface area contributed by atoms with Crippen molar-refractivity contribution in [2.75, 3.05) is 6.61 Å². The zero-order valence-electron chi connectivity index (χ0n) is 13.9. The first-order valence-electron chi connectivity index (χ1n) is 7.61. The number of Topliss-reactive ketones (excluding diaryl/α,β-unsaturated/α-hetero) is 1. The Balaban J connectivity index is 2.11. The second kappa shape index (κ2) is 5.62. The molecule has 0 aliphatic carbocycles. The van der Waals surface area contributed by atoms with Crippen LogP contribution in [0.4, 0.5) is 0 Å². The number of ketones is 1. The van der Waals surface area contributed by atoms with Gasteiger partial charge in [0.05, 0.1) is 12.2 Å². The minimum atomic E-state index is -0.911. The predicted octanol–water partition coefficient (Wildman–Crippen LogP) is -0.841. The lowest BCUT2D eigenvalue weighted by Crippen LogP contribution is -2.44. The van der Waals surface area contributed by atoms with Gasteiger partial charge in [-0.3, -0.25) is 18.7 Å². The standard InChI is InChI=1S/C15H20N2O7/c1-7(19)8-5-17(14(21)16(4)12(8)20)13-11-10(9(6-18)22-13)23-15(2,3)24-11/h5,9-11,13,18H,6H2,1-4H3/t9-,10+,11-,13-/m1/s1. The summed E-state index contributed by atoms with van der Waals surface area (Å²) in [7, 11) is 1.29. The molecule has 2 fully saturated rings. The zero-order valence-corrected chi connectivity index (χ0v) is 13.9. The van der Waals surface area contributed by atoms with Gasteiger partial charge in [-0.15, -0.1) is 0 Å². The molecule has 0 bridgehead atoms. The number of aliphatic hydroxyl groups is 1. The summed E-state index contributed by atoms with van der Waals surface area (Å²) >= 11 is 0. The molecule has 132 valence electrons. The number of ether oxygens (including phenoxy) is 3. The van der Waals surface area contributed by atoms with Crippen molar-refractivity contribution in [1.29, 1.82) is 0 Å². The second-order valence-corrected chi connectivity index (χ2v) is 6.47. The van der Waals surface area contributed by atoms with Crippen LogP contribution in [-0.2, 0) is 21.3 Å². The van der Waals surface area contributed by atoms with Gasteiger partial charge in [-0.25, -0.2) is 4.79 Å². The number of fused-ring (bicyclic) bond motifs is 1. The van der Waals surface area contributed by atoms with Crippen molar-refractivity contribution < 1.29 is 24.1 Å². The molecular weight excluding hydrogens is 320 g/mol. The molecule has 4 atom stereocenters. The van der Waals surface area contributed by atoms with E-state index in [0.717, 1.165) is 9.13 Å². The Labute approximate surface area is 137 Å². The zero-order chi connectivity index (χ0) is 17.8. The molecule has 24 heavy (non-hydrogen) atoms. The first-order chi connectivity index (χ1) is 11.2. The summed E-state index contributed by atoms with van der Waals surface area (Å²) in [5, 5.41) is 9.50. The summed E-state index contributed by atoms with van der Waals surface area (Å²) in [5.74, 6) is -1.35. The van der Waals surface area contributed by atoms with Crippen LogP contribution in [0, 0.1) is 0 Å². The molecule has 0 spiro atoms. The molecule has 2 aliphatic heterocycles. The van der Waals surface area contributed by atoms with E-state index < -0.39 is 47.4 Å². The van der Waals surface area contributed by atoms with Gasteiger partial charge in [-0.1, -0.05) is 0 Å². The van der Waals surface area contributed by atoms with Gasteiger partial charge in [0.25, 0.3) is 5.56 Å². The molecular formula is C15H20N2O7. The van der Waals surface area contributed by atoms with Gasteiger partial charge in [0.1, 0.15) is 18.3 Å². The Morgan fingerprint density at radius 1 is 1.29 bits per heavy atom. The summed E-state index contributed by atoms with van der Waals surface area (Å²) in [6.45, 7) is 4.39. The van der Waals surface area contributed by atoms with Gasteiger partial charge in [-0.2, -0.15) is 0 Å². The molecule has 0 saturated carbocycles. The normalized spacial score (nSPS) is 31.2. The maximum absolute atomic E-state index is 12.5. The smallest absolute Gasteiger partial charge is 0.332 e. The highest BCUT2D eigenvalue weighted by Gasteiger charge is 2.56. The van der Waals surface area contributed by atoms with E-state index in [1.165, 1.54) is 20.2 Å². The largest absolute Gasteiger partial charge is 0.394 e. The molecule has 0 aromatic carbocycles. The lowest BCUT2D eigenvalue weighted by atomic mass is 10.1. The molecule has 3 rings (SSSR count). The van der Waals surface area contributed by atoms with Crippen LogP contribution in [0.25, 0.3) is 0 Å². The third-order valence-corrected chi connectivity index (χ3v) is 4.27. The molecule has 9 heteroatoms. The van der Waals surface area contributed by atoms with E-state index >= 15 is 0 Å². The highest BCUT2D eigenvalue weighted by molar-refractivity contribution is 5.93. The minimum absolute atomic E-state index is 0.122. The quantitative estimate of drug-likeness (QED) is 0.715. The van der Waals surface area contributed by atoms with Crippen molar-refractivity contribution in [2.24, 2.45) is 7.05 Å². The van der Waals surface area contributed by atoms with E-state index in [2.05, 4.69) is 0 Å². The lowest BCUT2D eigenvalue weighted by Gasteiger charge is -2.24. The van der Waals surface area contributed by atoms with Gasteiger partial charge >= 0.3 is 5.69 Å². The van der Waals surface area contributed by atoms with Gasteiger partial charge < -0.3 is 19.3 Å². The number of hydrogen-bond acceptors (Lipinski definition) is 7. The predicted molar refractivity (Wildman–Crippen MR) is 80.8 cm³/mol. The van der Waals surface area contributed by atoms with Gasteiger partial charge in [0.15, 0.2) is 17.8 Å². The van der Waals surface area contributed by atoms with Crippen molar-refractivity contribution >= 4 is 5.78 Å². The third-order valence-electron chi connectivity index (χ3n) is 4.27. The van der Waals surface area contributed by atoms with Crippen molar-refractivity contribution in [3.05, 3.63) is 32.6 Å². The number of nitrogens with zero attached hydrogens (tertiary/aromatic N) is 2. The van der Waals surface area contributed by atoms with Gasteiger partial charge in [0, 0.05) is 13.2 Å². The van der Waals surface area contributed by atoms with Crippen LogP contribution in [0.15, 0.2) is 15.8 Å². The van der Waals surface area contributed by atoms with E-state index in [1.54, 1.807) is 13.8 Å². The summed E-state index contributed by atoms with van der Waals surface area (Å²) in [4.78, 5) is 36.2. The molecule has 1 aromatic rings. The number of carbonyl (C=O) groups excluding carboxylic acids is 1. The highest BCUT2D eigenvalue weighted by atomic mass is 16.8. The number of carbonyl (C=O) groups is 1. The highest BCUT2D eigenvalue weighted by Crippen LogP contribution is 2.42. The second-order valence-electron chi connectivity index (χ2n) is 6.47. The molecule has 2 saturated heterocycles. The number of aliphatic hydroxyl groups excluding tert-OH is 1. The minimum Gasteiger partial charge on any atom is -0.394 e. The Kier molecular flexibility index (Phi) is 3.99. The number of aromatic nitrogens is 2. The SMILES string of the molecule is CC(=O)c1cn([C@@H]2O[C@H](CO)[C@@H]3OC(C)(C)O[C@H]32)c(=O)n(C)c1=O. The van der Waals surface area contributed by atoms with E-state index in [9.17, 15) is 19.5 Å². The summed E-state index contributed by atoms with van der Waals surface area (Å²) in [6.07, 6.45) is -1.60. The molecule has 3 heterocycles. The molecule has 0 amide bonds. The van der Waals surface area contributed by atoms with Crippen LogP contribution in [0.5, 0.6) is 0 Å². The first kappa shape index (κ1) is 17.0. The summed E-state index contributed by atoms with van der Waals surface area (Å²) < 4.78 is 19.3. The van der Waals surface area contributed by atoms with Gasteiger partial charge in [0.2, 0.25) is 0 Å². The molecule has 9 nitrogen and oxygen atoms in total. The molecule has 2 aliphatic rings. The maximum atomic E-state index is 12.5. The van der Waals surface area contributed by atoms with E-state index in [0.29, 0.717) is 0 Å². The summed E-state index contributed by atoms with van der Waals surface area (Å²) in [6, 6.07) is 0. The summed E-state index contributed by atoms with van der Waals surface area (Å²) in [5.41, 5.74) is -1.43. The van der Waals surface area contributed by atoms with Crippen LogP contribution < -0.4 is 11.2 Å².